The number of rotatable bonds is 6. The van der Waals surface area contributed by atoms with Crippen molar-refractivity contribution in [2.24, 2.45) is 28.6 Å². The largest absolute Gasteiger partial charge is 0.481 e. The van der Waals surface area contributed by atoms with E-state index in [9.17, 15) is 44.4 Å². The molecule has 0 aromatic carbocycles. The highest BCUT2D eigenvalue weighted by Crippen LogP contribution is 2.71. The fourth-order valence-electron chi connectivity index (χ4n) is 7.58. The molecular formula is C24H30O12. The molecule has 36 heavy (non-hydrogen) atoms. The van der Waals surface area contributed by atoms with E-state index < -0.39 is 101 Å². The zero-order chi connectivity index (χ0) is 27.0. The number of carbonyl (C=O) groups is 5. The van der Waals surface area contributed by atoms with E-state index >= 15 is 0 Å². The van der Waals surface area contributed by atoms with E-state index in [1.165, 1.54) is 13.8 Å². The Hall–Kier alpha value is -2.83. The van der Waals surface area contributed by atoms with Crippen molar-refractivity contribution in [3.8, 4) is 0 Å². The monoisotopic (exact) mass is 510 g/mol. The highest BCUT2D eigenvalue weighted by atomic mass is 16.6. The maximum Gasteiger partial charge on any atom is 0.348 e. The molecule has 0 unspecified atom stereocenters. The van der Waals surface area contributed by atoms with E-state index in [0.717, 1.165) is 6.08 Å². The second-order valence-corrected chi connectivity index (χ2v) is 10.9. The fourth-order valence-corrected chi connectivity index (χ4v) is 7.58. The van der Waals surface area contributed by atoms with Crippen LogP contribution in [0.15, 0.2) is 11.6 Å². The maximum atomic E-state index is 13.2. The first-order valence-corrected chi connectivity index (χ1v) is 11.7. The molecule has 2 saturated carbocycles. The third-order valence-corrected chi connectivity index (χ3v) is 8.64. The molecular weight excluding hydrogens is 480 g/mol. The molecule has 0 aromatic rings. The van der Waals surface area contributed by atoms with Gasteiger partial charge in [-0.25, -0.2) is 14.4 Å². The minimum Gasteiger partial charge on any atom is -0.481 e. The maximum absolute atomic E-state index is 13.2. The molecule has 12 nitrogen and oxygen atoms in total. The minimum atomic E-state index is -2.54. The van der Waals surface area contributed by atoms with Crippen LogP contribution in [0.2, 0.25) is 0 Å². The molecule has 10 atom stereocenters. The Morgan fingerprint density at radius 1 is 1.11 bits per heavy atom. The van der Waals surface area contributed by atoms with Gasteiger partial charge in [-0.3, -0.25) is 9.59 Å². The van der Waals surface area contributed by atoms with E-state index in [2.05, 4.69) is 0 Å². The Balaban J connectivity index is 1.97. The molecule has 0 amide bonds. The lowest BCUT2D eigenvalue weighted by Gasteiger charge is -2.65. The second kappa shape index (κ2) is 8.35. The Labute approximate surface area is 206 Å². The zero-order valence-corrected chi connectivity index (χ0v) is 20.3. The van der Waals surface area contributed by atoms with Crippen LogP contribution >= 0.6 is 0 Å². The van der Waals surface area contributed by atoms with Gasteiger partial charge in [0.05, 0.1) is 25.0 Å². The number of ether oxygens (including phenoxy) is 3. The third-order valence-electron chi connectivity index (χ3n) is 8.64. The molecule has 4 rings (SSSR count). The van der Waals surface area contributed by atoms with E-state index in [-0.39, 0.29) is 6.42 Å². The molecule has 1 spiro atoms. The molecule has 2 bridgehead atoms. The van der Waals surface area contributed by atoms with Crippen LogP contribution in [0.1, 0.15) is 40.5 Å². The summed E-state index contributed by atoms with van der Waals surface area (Å²) in [7, 11) is 0. The number of Topliss-reactive ketones (excluding diaryl/α,β-unsaturated/α-hetero) is 1. The van der Waals surface area contributed by atoms with Gasteiger partial charge >= 0.3 is 23.9 Å². The van der Waals surface area contributed by atoms with Crippen molar-refractivity contribution in [2.75, 3.05) is 6.61 Å². The molecule has 2 saturated heterocycles. The molecule has 12 heteroatoms. The lowest BCUT2D eigenvalue weighted by molar-refractivity contribution is -0.289. The summed E-state index contributed by atoms with van der Waals surface area (Å²) in [6, 6.07) is 0. The molecule has 0 radical (unpaired) electrons. The number of aliphatic hydroxyl groups is 2. The number of carboxylic acid groups (broad SMARTS) is 2. The number of ketones is 1. The van der Waals surface area contributed by atoms with Crippen molar-refractivity contribution in [1.82, 2.24) is 0 Å². The van der Waals surface area contributed by atoms with Crippen LogP contribution in [0.5, 0.6) is 0 Å². The van der Waals surface area contributed by atoms with Gasteiger partial charge in [0.25, 0.3) is 0 Å². The molecule has 0 aromatic heterocycles. The Morgan fingerprint density at radius 2 is 1.75 bits per heavy atom. The van der Waals surface area contributed by atoms with Gasteiger partial charge in [-0.15, -0.1) is 0 Å². The lowest BCUT2D eigenvalue weighted by atomic mass is 9.39. The average molecular weight is 510 g/mol. The van der Waals surface area contributed by atoms with Crippen LogP contribution in [0.25, 0.3) is 0 Å². The van der Waals surface area contributed by atoms with Crippen LogP contribution in [0.3, 0.4) is 0 Å². The summed E-state index contributed by atoms with van der Waals surface area (Å²) in [5.74, 6) is -9.14. The molecule has 4 fully saturated rings. The van der Waals surface area contributed by atoms with Crippen LogP contribution < -0.4 is 0 Å². The molecule has 2 aliphatic carbocycles. The van der Waals surface area contributed by atoms with Gasteiger partial charge in [-0.1, -0.05) is 12.5 Å². The molecule has 2 aliphatic heterocycles. The fraction of sp³-hybridized carbons (Fsp3) is 0.708. The van der Waals surface area contributed by atoms with E-state index in [4.69, 9.17) is 14.2 Å². The summed E-state index contributed by atoms with van der Waals surface area (Å²) in [5, 5.41) is 42.6. The van der Waals surface area contributed by atoms with Crippen molar-refractivity contribution in [1.29, 1.82) is 0 Å². The number of hydrogen-bond acceptors (Lipinski definition) is 10. The number of aliphatic hydroxyl groups excluding tert-OH is 2. The number of esters is 2. The van der Waals surface area contributed by atoms with E-state index in [0.29, 0.717) is 5.57 Å². The Kier molecular flexibility index (Phi) is 6.09. The van der Waals surface area contributed by atoms with Crippen molar-refractivity contribution in [3.63, 3.8) is 0 Å². The summed E-state index contributed by atoms with van der Waals surface area (Å²) in [4.78, 5) is 63.0. The Bertz CT molecular complexity index is 1060. The first-order valence-electron chi connectivity index (χ1n) is 11.7. The summed E-state index contributed by atoms with van der Waals surface area (Å²) in [6.45, 7) is 5.53. The predicted molar refractivity (Wildman–Crippen MR) is 116 cm³/mol. The van der Waals surface area contributed by atoms with E-state index in [1.54, 1.807) is 13.8 Å². The van der Waals surface area contributed by atoms with Gasteiger partial charge in [0.15, 0.2) is 0 Å². The lowest BCUT2D eigenvalue weighted by Crippen LogP contribution is -2.79. The number of aliphatic carboxylic acids is 2. The number of allylic oxidation sites excluding steroid dienone is 1. The predicted octanol–water partition coefficient (Wildman–Crippen LogP) is -0.312. The number of carbonyl (C=O) groups excluding carboxylic acids is 3. The third kappa shape index (κ3) is 3.27. The first kappa shape index (κ1) is 26.2. The minimum absolute atomic E-state index is 0.144. The van der Waals surface area contributed by atoms with Crippen LogP contribution in [0, 0.1) is 28.6 Å². The smallest absolute Gasteiger partial charge is 0.348 e. The highest BCUT2D eigenvalue weighted by Gasteiger charge is 2.84. The van der Waals surface area contributed by atoms with Crippen LogP contribution in [-0.4, -0.2) is 86.7 Å². The highest BCUT2D eigenvalue weighted by molar-refractivity contribution is 5.89. The zero-order valence-electron chi connectivity index (χ0n) is 20.3. The van der Waals surface area contributed by atoms with Crippen molar-refractivity contribution in [2.45, 2.75) is 70.6 Å². The van der Waals surface area contributed by atoms with Gasteiger partial charge in [-0.2, -0.15) is 0 Å². The standard InChI is InChI=1S/C24H30O12/c1-9(2)5-14(28)36-16-18-23-8-34-24(18,21(32)33)19(30)15(29)17(23)22(4,7-13(26)27)11(10(3)25)6-12(23)35-20(16)31/h5,11-12,15-19,29-30H,6-8H2,1-4H3,(H,26,27)(H,32,33)/t11-,12+,15+,16+,17+,18+,19-,22-,23+,24+/m0/s1. The number of hydrogen-bond donors (Lipinski definition) is 4. The summed E-state index contributed by atoms with van der Waals surface area (Å²) in [5.41, 5.74) is -5.04. The summed E-state index contributed by atoms with van der Waals surface area (Å²) < 4.78 is 16.8. The normalized spacial score (nSPS) is 44.6. The van der Waals surface area contributed by atoms with Gasteiger partial charge in [0.1, 0.15) is 18.0 Å². The SMILES string of the molecule is CC(=O)[C@@H]1C[C@H]2OC(=O)[C@H](OC(=O)C=C(C)C)[C@H]3[C@@]4(C(=O)O)OC[C@]23[C@H]([C@@H](O)[C@@H]4O)[C@@]1(C)CC(=O)O. The van der Waals surface area contributed by atoms with Gasteiger partial charge in [-0.05, 0) is 32.6 Å². The van der Waals surface area contributed by atoms with Gasteiger partial charge in [0.2, 0.25) is 11.7 Å². The van der Waals surface area contributed by atoms with E-state index in [1.807, 2.05) is 0 Å². The topological polar surface area (TPSA) is 194 Å². The second-order valence-electron chi connectivity index (χ2n) is 10.9. The summed E-state index contributed by atoms with van der Waals surface area (Å²) >= 11 is 0. The van der Waals surface area contributed by atoms with Crippen molar-refractivity contribution < 1.29 is 58.6 Å². The number of carboxylic acids is 2. The van der Waals surface area contributed by atoms with Gasteiger partial charge < -0.3 is 34.6 Å². The first-order chi connectivity index (χ1) is 16.6. The molecule has 4 aliphatic rings. The van der Waals surface area contributed by atoms with Gasteiger partial charge in [0, 0.05) is 23.3 Å². The van der Waals surface area contributed by atoms with Crippen molar-refractivity contribution >= 4 is 29.7 Å². The average Bonchev–Trinajstić information content (AvgIpc) is 3.04. The molecule has 198 valence electrons. The van der Waals surface area contributed by atoms with Crippen LogP contribution in [0.4, 0.5) is 0 Å². The quantitative estimate of drug-likeness (QED) is 0.269. The summed E-state index contributed by atoms with van der Waals surface area (Å²) in [6.07, 6.45) is -6.60. The molecule has 4 N–H and O–H groups in total. The molecule has 2 heterocycles. The van der Waals surface area contributed by atoms with Crippen LogP contribution in [-0.2, 0) is 38.2 Å². The Morgan fingerprint density at radius 3 is 2.28 bits per heavy atom. The van der Waals surface area contributed by atoms with Crippen molar-refractivity contribution in [3.05, 3.63) is 11.6 Å².